The van der Waals surface area contributed by atoms with E-state index in [1.165, 1.54) is 28.2 Å². The van der Waals surface area contributed by atoms with Crippen molar-refractivity contribution in [2.45, 2.75) is 13.8 Å². The highest BCUT2D eigenvalue weighted by atomic mass is 32.1. The number of rotatable bonds is 1. The quantitative estimate of drug-likeness (QED) is 0.355. The van der Waals surface area contributed by atoms with Gasteiger partial charge < -0.3 is 0 Å². The van der Waals surface area contributed by atoms with E-state index < -0.39 is 4.92 Å². The van der Waals surface area contributed by atoms with Crippen molar-refractivity contribution in [2.24, 2.45) is 0 Å². The van der Waals surface area contributed by atoms with E-state index in [-0.39, 0.29) is 5.69 Å². The van der Waals surface area contributed by atoms with Gasteiger partial charge in [-0.25, -0.2) is 9.97 Å². The standard InChI is InChI=1S/C8H6N2O2S.C8H7NS/c1-5-9-7-4-6(10(11)12)2-3-8(7)13-5;1-6-9-7-4-2-3-5-8(7)10-6/h2-4H,1H3;2-5H,1H3. The van der Waals surface area contributed by atoms with E-state index in [2.05, 4.69) is 16.0 Å². The first-order valence-corrected chi connectivity index (χ1v) is 8.50. The maximum absolute atomic E-state index is 10.4. The molecule has 0 aliphatic rings. The second-order valence-corrected chi connectivity index (χ2v) is 7.31. The number of aryl methyl sites for hydroxylation is 2. The van der Waals surface area contributed by atoms with Gasteiger partial charge in [0.15, 0.2) is 0 Å². The minimum atomic E-state index is -0.409. The van der Waals surface area contributed by atoms with Crippen molar-refractivity contribution in [1.29, 1.82) is 0 Å². The summed E-state index contributed by atoms with van der Waals surface area (Å²) in [6.45, 7) is 3.92. The Morgan fingerprint density at radius 2 is 1.52 bits per heavy atom. The highest BCUT2D eigenvalue weighted by Gasteiger charge is 2.08. The topological polar surface area (TPSA) is 68.9 Å². The molecule has 0 saturated heterocycles. The smallest absolute Gasteiger partial charge is 0.258 e. The number of thiazole rings is 2. The van der Waals surface area contributed by atoms with Crippen molar-refractivity contribution >= 4 is 48.8 Å². The fraction of sp³-hybridized carbons (Fsp3) is 0.125. The molecule has 0 amide bonds. The molecular weight excluding hydrogens is 330 g/mol. The predicted octanol–water partition coefficient (Wildman–Crippen LogP) is 5.12. The van der Waals surface area contributed by atoms with E-state index in [0.717, 1.165) is 20.2 Å². The second-order valence-electron chi connectivity index (χ2n) is 4.84. The Kier molecular flexibility index (Phi) is 4.31. The molecule has 0 atom stereocenters. The van der Waals surface area contributed by atoms with Crippen molar-refractivity contribution < 1.29 is 4.92 Å². The lowest BCUT2D eigenvalue weighted by Gasteiger charge is -1.89. The zero-order valence-corrected chi connectivity index (χ0v) is 14.1. The van der Waals surface area contributed by atoms with E-state index in [0.29, 0.717) is 5.52 Å². The molecule has 23 heavy (non-hydrogen) atoms. The van der Waals surface area contributed by atoms with Gasteiger partial charge >= 0.3 is 0 Å². The molecule has 0 aliphatic carbocycles. The van der Waals surface area contributed by atoms with Crippen LogP contribution in [0, 0.1) is 24.0 Å². The highest BCUT2D eigenvalue weighted by molar-refractivity contribution is 7.18. The average molecular weight is 343 g/mol. The number of nitrogens with zero attached hydrogens (tertiary/aromatic N) is 3. The number of hydrogen-bond acceptors (Lipinski definition) is 6. The Balaban J connectivity index is 0.000000140. The van der Waals surface area contributed by atoms with Crippen LogP contribution in [-0.4, -0.2) is 14.9 Å². The monoisotopic (exact) mass is 343 g/mol. The van der Waals surface area contributed by atoms with Crippen molar-refractivity contribution in [3.63, 3.8) is 0 Å². The number of non-ortho nitro benzene ring substituents is 1. The summed E-state index contributed by atoms with van der Waals surface area (Å²) in [6.07, 6.45) is 0. The van der Waals surface area contributed by atoms with Crippen LogP contribution < -0.4 is 0 Å². The lowest BCUT2D eigenvalue weighted by molar-refractivity contribution is -0.384. The van der Waals surface area contributed by atoms with E-state index >= 15 is 0 Å². The van der Waals surface area contributed by atoms with Gasteiger partial charge in [0.25, 0.3) is 5.69 Å². The van der Waals surface area contributed by atoms with Gasteiger partial charge in [-0.3, -0.25) is 10.1 Å². The Bertz CT molecular complexity index is 958. The molecule has 2 aromatic carbocycles. The van der Waals surface area contributed by atoms with Gasteiger partial charge in [-0.2, -0.15) is 0 Å². The van der Waals surface area contributed by atoms with Crippen molar-refractivity contribution in [2.75, 3.05) is 0 Å². The van der Waals surface area contributed by atoms with Crippen LogP contribution in [-0.2, 0) is 0 Å². The third-order valence-electron chi connectivity index (χ3n) is 3.09. The second kappa shape index (κ2) is 6.39. The first kappa shape index (κ1) is 15.5. The SMILES string of the molecule is Cc1nc2cc([N+](=O)[O-])ccc2s1.Cc1nc2ccccc2s1. The molecule has 0 unspecified atom stereocenters. The zero-order chi connectivity index (χ0) is 16.4. The van der Waals surface area contributed by atoms with E-state index in [4.69, 9.17) is 0 Å². The highest BCUT2D eigenvalue weighted by Crippen LogP contribution is 2.25. The zero-order valence-electron chi connectivity index (χ0n) is 12.5. The normalized spacial score (nSPS) is 10.5. The van der Waals surface area contributed by atoms with E-state index in [1.54, 1.807) is 17.4 Å². The van der Waals surface area contributed by atoms with Crippen LogP contribution in [0.4, 0.5) is 5.69 Å². The molecule has 0 saturated carbocycles. The van der Waals surface area contributed by atoms with Crippen LogP contribution in [0.15, 0.2) is 42.5 Å². The molecular formula is C16H13N3O2S2. The van der Waals surface area contributed by atoms with Gasteiger partial charge in [-0.05, 0) is 32.0 Å². The van der Waals surface area contributed by atoms with Gasteiger partial charge in [0.05, 0.1) is 35.4 Å². The number of benzene rings is 2. The number of nitro groups is 1. The number of nitro benzene ring substituents is 1. The molecule has 0 radical (unpaired) electrons. The molecule has 2 aromatic heterocycles. The predicted molar refractivity (Wildman–Crippen MR) is 95.4 cm³/mol. The Labute approximate surface area is 140 Å². The molecule has 116 valence electrons. The fourth-order valence-corrected chi connectivity index (χ4v) is 3.77. The first-order chi connectivity index (χ1) is 11.0. The summed E-state index contributed by atoms with van der Waals surface area (Å²) < 4.78 is 2.27. The molecule has 4 rings (SSSR count). The number of aromatic nitrogens is 2. The third kappa shape index (κ3) is 3.52. The van der Waals surface area contributed by atoms with Gasteiger partial charge in [0.1, 0.15) is 0 Å². The fourth-order valence-electron chi connectivity index (χ4n) is 2.13. The number of hydrogen-bond donors (Lipinski definition) is 0. The maximum Gasteiger partial charge on any atom is 0.271 e. The van der Waals surface area contributed by atoms with Crippen molar-refractivity contribution in [3.8, 4) is 0 Å². The minimum Gasteiger partial charge on any atom is -0.258 e. The molecule has 4 aromatic rings. The third-order valence-corrected chi connectivity index (χ3v) is 4.99. The molecule has 0 bridgehead atoms. The summed E-state index contributed by atoms with van der Waals surface area (Å²) in [7, 11) is 0. The number of fused-ring (bicyclic) bond motifs is 2. The molecule has 5 nitrogen and oxygen atoms in total. The first-order valence-electron chi connectivity index (χ1n) is 6.87. The van der Waals surface area contributed by atoms with Crippen LogP contribution >= 0.6 is 22.7 Å². The summed E-state index contributed by atoms with van der Waals surface area (Å²) in [5.41, 5.74) is 1.92. The van der Waals surface area contributed by atoms with Crippen molar-refractivity contribution in [1.82, 2.24) is 9.97 Å². The molecule has 0 fully saturated rings. The molecule has 7 heteroatoms. The van der Waals surface area contributed by atoms with Crippen LogP contribution in [0.3, 0.4) is 0 Å². The summed E-state index contributed by atoms with van der Waals surface area (Å²) in [5.74, 6) is 0. The summed E-state index contributed by atoms with van der Waals surface area (Å²) in [6, 6.07) is 12.9. The lowest BCUT2D eigenvalue weighted by Crippen LogP contribution is -1.86. The van der Waals surface area contributed by atoms with Crippen LogP contribution in [0.5, 0.6) is 0 Å². The maximum atomic E-state index is 10.4. The summed E-state index contributed by atoms with van der Waals surface area (Å²) in [4.78, 5) is 18.5. The van der Waals surface area contributed by atoms with Crippen LogP contribution in [0.25, 0.3) is 20.4 Å². The van der Waals surface area contributed by atoms with E-state index in [9.17, 15) is 10.1 Å². The molecule has 0 spiro atoms. The largest absolute Gasteiger partial charge is 0.271 e. The molecule has 0 aliphatic heterocycles. The van der Waals surface area contributed by atoms with Crippen LogP contribution in [0.2, 0.25) is 0 Å². The average Bonchev–Trinajstić information content (AvgIpc) is 3.06. The van der Waals surface area contributed by atoms with Gasteiger partial charge in [-0.15, -0.1) is 22.7 Å². The molecule has 0 N–H and O–H groups in total. The van der Waals surface area contributed by atoms with Crippen molar-refractivity contribution in [3.05, 3.63) is 62.6 Å². The number of para-hydroxylation sites is 1. The van der Waals surface area contributed by atoms with Gasteiger partial charge in [-0.1, -0.05) is 12.1 Å². The Hall–Kier alpha value is -2.38. The minimum absolute atomic E-state index is 0.0952. The van der Waals surface area contributed by atoms with Gasteiger partial charge in [0, 0.05) is 12.1 Å². The summed E-state index contributed by atoms with van der Waals surface area (Å²) in [5, 5.41) is 12.5. The molecule has 2 heterocycles. The Morgan fingerprint density at radius 1 is 0.913 bits per heavy atom. The Morgan fingerprint density at radius 3 is 2.17 bits per heavy atom. The van der Waals surface area contributed by atoms with Crippen LogP contribution in [0.1, 0.15) is 10.0 Å². The lowest BCUT2D eigenvalue weighted by atomic mass is 10.3. The van der Waals surface area contributed by atoms with Gasteiger partial charge in [0.2, 0.25) is 0 Å². The van der Waals surface area contributed by atoms with E-state index in [1.807, 2.05) is 32.0 Å². The summed E-state index contributed by atoms with van der Waals surface area (Å²) >= 11 is 3.28.